The summed E-state index contributed by atoms with van der Waals surface area (Å²) in [7, 11) is -2.24. The minimum Gasteiger partial charge on any atom is -0.497 e. The van der Waals surface area contributed by atoms with Gasteiger partial charge in [0.2, 0.25) is 15.9 Å². The van der Waals surface area contributed by atoms with Crippen LogP contribution < -0.4 is 16.0 Å². The summed E-state index contributed by atoms with van der Waals surface area (Å²) < 4.78 is 32.3. The molecule has 3 N–H and O–H groups in total. The Morgan fingerprint density at radius 1 is 1.36 bits per heavy atom. The highest BCUT2D eigenvalue weighted by atomic mass is 32.2. The topological polar surface area (TPSA) is 102 Å². The number of hydrogen-bond donors (Lipinski definition) is 2. The van der Waals surface area contributed by atoms with Gasteiger partial charge in [0.25, 0.3) is 0 Å². The summed E-state index contributed by atoms with van der Waals surface area (Å²) in [6, 6.07) is 3.21. The maximum Gasteiger partial charge on any atom is 0.249 e. The molecule has 0 aromatic heterocycles. The molecule has 22 heavy (non-hydrogen) atoms. The lowest BCUT2D eigenvalue weighted by Crippen LogP contribution is -2.44. The molecule has 1 aliphatic carbocycles. The Morgan fingerprint density at radius 3 is 2.32 bits per heavy atom. The van der Waals surface area contributed by atoms with E-state index < -0.39 is 15.9 Å². The number of nitrogens with one attached hydrogen (secondary N) is 1. The van der Waals surface area contributed by atoms with Crippen molar-refractivity contribution in [3.8, 4) is 5.75 Å². The van der Waals surface area contributed by atoms with Gasteiger partial charge in [-0.05, 0) is 49.9 Å². The van der Waals surface area contributed by atoms with Crippen LogP contribution in [0.25, 0.3) is 0 Å². The molecule has 2 rings (SSSR count). The number of hydrogen-bond acceptors (Lipinski definition) is 5. The van der Waals surface area contributed by atoms with Gasteiger partial charge >= 0.3 is 0 Å². The number of nitrogens with zero attached hydrogens (tertiary/aromatic N) is 1. The smallest absolute Gasteiger partial charge is 0.249 e. The Morgan fingerprint density at radius 2 is 1.91 bits per heavy atom. The largest absolute Gasteiger partial charge is 0.497 e. The van der Waals surface area contributed by atoms with Gasteiger partial charge in [-0.25, -0.2) is 14.3 Å². The van der Waals surface area contributed by atoms with Crippen molar-refractivity contribution in [3.63, 3.8) is 0 Å². The van der Waals surface area contributed by atoms with Crippen LogP contribution in [0.3, 0.4) is 0 Å². The van der Waals surface area contributed by atoms with Crippen molar-refractivity contribution >= 4 is 15.9 Å². The van der Waals surface area contributed by atoms with Gasteiger partial charge in [-0.15, -0.1) is 0 Å². The minimum atomic E-state index is -3.77. The molecular formula is C14H21N3O4S. The Labute approximate surface area is 130 Å². The first-order valence-electron chi connectivity index (χ1n) is 6.97. The predicted octanol–water partition coefficient (Wildman–Crippen LogP) is 0.455. The molecule has 0 aliphatic heterocycles. The van der Waals surface area contributed by atoms with Crippen LogP contribution in [0, 0.1) is 13.8 Å². The SMILES string of the molecule is COc1cc(C)c(S(=O)(=O)N(CC(=O)NN)C2CC2)c(C)c1. The number of benzene rings is 1. The van der Waals surface area contributed by atoms with Gasteiger partial charge in [-0.1, -0.05) is 0 Å². The van der Waals surface area contributed by atoms with E-state index in [1.807, 2.05) is 5.43 Å². The van der Waals surface area contributed by atoms with E-state index in [0.717, 1.165) is 12.8 Å². The normalized spacial score (nSPS) is 15.0. The third kappa shape index (κ3) is 3.23. The number of carbonyl (C=O) groups excluding carboxylic acids is 1. The summed E-state index contributed by atoms with van der Waals surface area (Å²) in [5.41, 5.74) is 3.17. The molecule has 122 valence electrons. The van der Waals surface area contributed by atoms with Crippen molar-refractivity contribution in [2.45, 2.75) is 37.6 Å². The summed E-state index contributed by atoms with van der Waals surface area (Å²) in [6.07, 6.45) is 1.51. The first kappa shape index (κ1) is 16.7. The van der Waals surface area contributed by atoms with Crippen LogP contribution in [-0.4, -0.2) is 38.3 Å². The lowest BCUT2D eigenvalue weighted by atomic mass is 10.1. The fraction of sp³-hybridized carbons (Fsp3) is 0.500. The molecule has 7 nitrogen and oxygen atoms in total. The van der Waals surface area contributed by atoms with Crippen LogP contribution in [0.1, 0.15) is 24.0 Å². The average Bonchev–Trinajstić information content (AvgIpc) is 3.27. The number of aryl methyl sites for hydroxylation is 2. The fourth-order valence-corrected chi connectivity index (χ4v) is 4.57. The highest BCUT2D eigenvalue weighted by Gasteiger charge is 2.40. The van der Waals surface area contributed by atoms with Gasteiger partial charge in [-0.3, -0.25) is 10.2 Å². The molecule has 0 heterocycles. The lowest BCUT2D eigenvalue weighted by Gasteiger charge is -2.23. The summed E-state index contributed by atoms with van der Waals surface area (Å²) in [6.45, 7) is 3.17. The number of methoxy groups -OCH3 is 1. The summed E-state index contributed by atoms with van der Waals surface area (Å²) in [5.74, 6) is 5.16. The molecule has 1 aromatic carbocycles. The van der Waals surface area contributed by atoms with Crippen molar-refractivity contribution in [2.75, 3.05) is 13.7 Å². The Bertz CT molecular complexity index is 660. The molecule has 0 spiro atoms. The van der Waals surface area contributed by atoms with E-state index >= 15 is 0 Å². The van der Waals surface area contributed by atoms with Gasteiger partial charge in [0.1, 0.15) is 5.75 Å². The summed E-state index contributed by atoms with van der Waals surface area (Å²) in [5, 5.41) is 0. The van der Waals surface area contributed by atoms with Gasteiger partial charge < -0.3 is 4.74 Å². The van der Waals surface area contributed by atoms with Crippen LogP contribution in [-0.2, 0) is 14.8 Å². The first-order valence-corrected chi connectivity index (χ1v) is 8.41. The first-order chi connectivity index (χ1) is 10.3. The molecule has 1 fully saturated rings. The second-order valence-corrected chi connectivity index (χ2v) is 7.27. The monoisotopic (exact) mass is 327 g/mol. The molecule has 1 amide bonds. The molecule has 1 saturated carbocycles. The Hall–Kier alpha value is -1.64. The van der Waals surface area contributed by atoms with E-state index in [4.69, 9.17) is 10.6 Å². The van der Waals surface area contributed by atoms with E-state index in [1.165, 1.54) is 11.4 Å². The number of carbonyl (C=O) groups is 1. The van der Waals surface area contributed by atoms with Crippen LogP contribution in [0.2, 0.25) is 0 Å². The van der Waals surface area contributed by atoms with E-state index in [-0.39, 0.29) is 17.5 Å². The minimum absolute atomic E-state index is 0.136. The zero-order chi connectivity index (χ0) is 16.5. The molecule has 1 aliphatic rings. The van der Waals surface area contributed by atoms with Gasteiger partial charge in [0, 0.05) is 6.04 Å². The maximum atomic E-state index is 13.0. The zero-order valence-corrected chi connectivity index (χ0v) is 13.7. The van der Waals surface area contributed by atoms with Crippen LogP contribution >= 0.6 is 0 Å². The van der Waals surface area contributed by atoms with Crippen LogP contribution in [0.5, 0.6) is 5.75 Å². The molecular weight excluding hydrogens is 306 g/mol. The molecule has 8 heteroatoms. The van der Waals surface area contributed by atoms with E-state index in [9.17, 15) is 13.2 Å². The number of amides is 1. The molecule has 0 unspecified atom stereocenters. The highest BCUT2D eigenvalue weighted by Crippen LogP contribution is 2.35. The molecule has 0 saturated heterocycles. The number of hydrazine groups is 1. The van der Waals surface area contributed by atoms with Gasteiger partial charge in [0.05, 0.1) is 18.6 Å². The van der Waals surface area contributed by atoms with E-state index in [2.05, 4.69) is 0 Å². The number of ether oxygens (including phenoxy) is 1. The second-order valence-electron chi connectivity index (χ2n) is 5.44. The maximum absolute atomic E-state index is 13.0. The summed E-state index contributed by atoms with van der Waals surface area (Å²) >= 11 is 0. The van der Waals surface area contributed by atoms with E-state index in [1.54, 1.807) is 26.0 Å². The number of nitrogens with two attached hydrogens (primary N) is 1. The molecule has 0 radical (unpaired) electrons. The van der Waals surface area contributed by atoms with Crippen molar-refractivity contribution in [1.82, 2.24) is 9.73 Å². The Balaban J connectivity index is 2.46. The molecule has 1 aromatic rings. The van der Waals surface area contributed by atoms with Crippen molar-refractivity contribution < 1.29 is 17.9 Å². The van der Waals surface area contributed by atoms with Crippen molar-refractivity contribution in [3.05, 3.63) is 23.3 Å². The van der Waals surface area contributed by atoms with Gasteiger partial charge in [-0.2, -0.15) is 4.31 Å². The predicted molar refractivity (Wildman–Crippen MR) is 81.7 cm³/mol. The zero-order valence-electron chi connectivity index (χ0n) is 12.9. The highest BCUT2D eigenvalue weighted by molar-refractivity contribution is 7.89. The molecule has 0 bridgehead atoms. The van der Waals surface area contributed by atoms with Crippen LogP contribution in [0.4, 0.5) is 0 Å². The third-order valence-electron chi connectivity index (χ3n) is 3.65. The average molecular weight is 327 g/mol. The second kappa shape index (κ2) is 6.23. The quantitative estimate of drug-likeness (QED) is 0.449. The number of sulfonamides is 1. The molecule has 0 atom stereocenters. The van der Waals surface area contributed by atoms with Crippen molar-refractivity contribution in [1.29, 1.82) is 0 Å². The van der Waals surface area contributed by atoms with E-state index in [0.29, 0.717) is 16.9 Å². The van der Waals surface area contributed by atoms with Gasteiger partial charge in [0.15, 0.2) is 0 Å². The lowest BCUT2D eigenvalue weighted by molar-refractivity contribution is -0.121. The van der Waals surface area contributed by atoms with Crippen molar-refractivity contribution in [2.24, 2.45) is 5.84 Å². The summed E-state index contributed by atoms with van der Waals surface area (Å²) in [4.78, 5) is 11.8. The fourth-order valence-electron chi connectivity index (χ4n) is 2.51. The Kier molecular flexibility index (Phi) is 4.74. The standard InChI is InChI=1S/C14H21N3O4S/c1-9-6-12(21-3)7-10(2)14(9)22(19,20)17(11-4-5-11)8-13(18)16-15/h6-7,11H,4-5,8,15H2,1-3H3,(H,16,18). The number of rotatable bonds is 6. The van der Waals surface area contributed by atoms with Crippen LogP contribution in [0.15, 0.2) is 17.0 Å². The third-order valence-corrected chi connectivity index (χ3v) is 5.86.